The van der Waals surface area contributed by atoms with E-state index in [0.29, 0.717) is 5.41 Å². The Labute approximate surface area is 91.8 Å². The topological polar surface area (TPSA) is 40.5 Å². The lowest BCUT2D eigenvalue weighted by atomic mass is 9.85. The van der Waals surface area contributed by atoms with E-state index < -0.39 is 5.97 Å². The maximum Gasteiger partial charge on any atom is 0.328 e. The fourth-order valence-corrected chi connectivity index (χ4v) is 1.96. The highest BCUT2D eigenvalue weighted by atomic mass is 16.4. The molecule has 1 rings (SSSR count). The Morgan fingerprint density at radius 2 is 2.13 bits per heavy atom. The Bertz CT molecular complexity index is 246. The summed E-state index contributed by atoms with van der Waals surface area (Å²) in [6.45, 7) is 7.56. The molecular weight excluding hydrogens is 190 g/mol. The molecule has 15 heavy (non-hydrogen) atoms. The van der Waals surface area contributed by atoms with Crippen LogP contribution in [0.1, 0.15) is 33.1 Å². The van der Waals surface area contributed by atoms with Gasteiger partial charge in [-0.25, -0.2) is 4.79 Å². The van der Waals surface area contributed by atoms with Gasteiger partial charge in [-0.2, -0.15) is 0 Å². The third kappa shape index (κ3) is 4.98. The lowest BCUT2D eigenvalue weighted by Gasteiger charge is -2.22. The fourth-order valence-electron chi connectivity index (χ4n) is 1.96. The zero-order chi connectivity index (χ0) is 11.3. The molecule has 0 radical (unpaired) electrons. The molecule has 0 aromatic carbocycles. The van der Waals surface area contributed by atoms with Crippen molar-refractivity contribution >= 4 is 5.97 Å². The first-order chi connectivity index (χ1) is 6.99. The molecule has 1 aliphatic rings. The van der Waals surface area contributed by atoms with Gasteiger partial charge in [-0.3, -0.25) is 4.90 Å². The molecule has 1 fully saturated rings. The maximum absolute atomic E-state index is 10.3. The van der Waals surface area contributed by atoms with Crippen molar-refractivity contribution in [1.29, 1.82) is 0 Å². The van der Waals surface area contributed by atoms with E-state index in [0.717, 1.165) is 19.6 Å². The lowest BCUT2D eigenvalue weighted by Crippen LogP contribution is -2.25. The van der Waals surface area contributed by atoms with Gasteiger partial charge in [0.05, 0.1) is 0 Å². The van der Waals surface area contributed by atoms with Crippen molar-refractivity contribution in [3.63, 3.8) is 0 Å². The van der Waals surface area contributed by atoms with Crippen molar-refractivity contribution in [2.45, 2.75) is 33.1 Å². The van der Waals surface area contributed by atoms with Crippen LogP contribution in [-0.4, -0.2) is 35.6 Å². The second kappa shape index (κ2) is 5.31. The predicted octanol–water partition coefficient (Wildman–Crippen LogP) is 2.14. The normalized spacial score (nSPS) is 22.8. The molecule has 1 aliphatic heterocycles. The summed E-state index contributed by atoms with van der Waals surface area (Å²) in [6, 6.07) is 0. The number of carbonyl (C=O) groups is 1. The van der Waals surface area contributed by atoms with E-state index in [1.807, 2.05) is 0 Å². The third-order valence-corrected chi connectivity index (χ3v) is 3.06. The Kier molecular flexibility index (Phi) is 4.33. The van der Waals surface area contributed by atoms with Gasteiger partial charge >= 0.3 is 5.97 Å². The fraction of sp³-hybridized carbons (Fsp3) is 0.750. The van der Waals surface area contributed by atoms with Crippen molar-refractivity contribution in [2.24, 2.45) is 5.41 Å². The average molecular weight is 211 g/mol. The number of carboxylic acids is 1. The van der Waals surface area contributed by atoms with E-state index >= 15 is 0 Å². The third-order valence-electron chi connectivity index (χ3n) is 3.06. The highest BCUT2D eigenvalue weighted by molar-refractivity contribution is 5.79. The zero-order valence-electron chi connectivity index (χ0n) is 9.70. The number of carboxylic acid groups (broad SMARTS) is 1. The molecule has 0 aliphatic carbocycles. The summed E-state index contributed by atoms with van der Waals surface area (Å²) in [6.07, 6.45) is 6.66. The molecule has 0 saturated carbocycles. The number of likely N-dealkylation sites (tertiary alicyclic amines) is 1. The van der Waals surface area contributed by atoms with Gasteiger partial charge in [0.1, 0.15) is 0 Å². The molecule has 3 heteroatoms. The summed E-state index contributed by atoms with van der Waals surface area (Å²) in [5.41, 5.74) is 0.450. The van der Waals surface area contributed by atoms with Crippen LogP contribution in [0, 0.1) is 5.41 Å². The molecule has 0 spiro atoms. The summed E-state index contributed by atoms with van der Waals surface area (Å²) in [7, 11) is 0. The minimum atomic E-state index is -0.856. The molecule has 0 unspecified atom stereocenters. The second-order valence-corrected chi connectivity index (χ2v) is 5.06. The molecule has 0 amide bonds. The van der Waals surface area contributed by atoms with Crippen LogP contribution in [0.25, 0.3) is 0 Å². The summed E-state index contributed by atoms with van der Waals surface area (Å²) >= 11 is 0. The van der Waals surface area contributed by atoms with Crippen LogP contribution in [0.3, 0.4) is 0 Å². The average Bonchev–Trinajstić information content (AvgIpc) is 2.27. The quantitative estimate of drug-likeness (QED) is 0.727. The lowest BCUT2D eigenvalue weighted by molar-refractivity contribution is -0.131. The molecule has 0 bridgehead atoms. The smallest absolute Gasteiger partial charge is 0.328 e. The Hall–Kier alpha value is -0.830. The van der Waals surface area contributed by atoms with E-state index in [2.05, 4.69) is 18.7 Å². The molecule has 1 saturated heterocycles. The van der Waals surface area contributed by atoms with E-state index in [1.165, 1.54) is 25.3 Å². The van der Waals surface area contributed by atoms with Crippen molar-refractivity contribution < 1.29 is 9.90 Å². The molecular formula is C12H21NO2. The molecule has 1 N–H and O–H groups in total. The summed E-state index contributed by atoms with van der Waals surface area (Å²) in [5, 5.41) is 8.48. The van der Waals surface area contributed by atoms with Crippen LogP contribution in [0.5, 0.6) is 0 Å². The predicted molar refractivity (Wildman–Crippen MR) is 60.8 cm³/mol. The molecule has 0 atom stereocenters. The minimum Gasteiger partial charge on any atom is -0.478 e. The Balaban J connectivity index is 2.35. The number of hydrogen-bond donors (Lipinski definition) is 1. The minimum absolute atomic E-state index is 0.450. The van der Waals surface area contributed by atoms with Gasteiger partial charge in [0.25, 0.3) is 0 Å². The first kappa shape index (κ1) is 12.2. The molecule has 1 heterocycles. The summed E-state index contributed by atoms with van der Waals surface area (Å²) < 4.78 is 0. The molecule has 3 nitrogen and oxygen atoms in total. The Morgan fingerprint density at radius 1 is 1.40 bits per heavy atom. The van der Waals surface area contributed by atoms with Crippen molar-refractivity contribution in [1.82, 2.24) is 4.90 Å². The molecule has 0 aromatic rings. The van der Waals surface area contributed by atoms with E-state index in [4.69, 9.17) is 5.11 Å². The van der Waals surface area contributed by atoms with Crippen LogP contribution >= 0.6 is 0 Å². The van der Waals surface area contributed by atoms with Crippen LogP contribution in [0.15, 0.2) is 12.2 Å². The zero-order valence-corrected chi connectivity index (χ0v) is 9.70. The highest BCUT2D eigenvalue weighted by Crippen LogP contribution is 2.29. The van der Waals surface area contributed by atoms with E-state index in [1.54, 1.807) is 6.08 Å². The Morgan fingerprint density at radius 3 is 2.80 bits per heavy atom. The van der Waals surface area contributed by atoms with Gasteiger partial charge in [-0.05, 0) is 37.8 Å². The number of aliphatic carboxylic acids is 1. The molecule has 0 aromatic heterocycles. The van der Waals surface area contributed by atoms with Gasteiger partial charge in [0.15, 0.2) is 0 Å². The SMILES string of the molecule is CC1(C)CCCN(C/C=C/C(=O)O)CC1. The van der Waals surface area contributed by atoms with Crippen molar-refractivity contribution in [2.75, 3.05) is 19.6 Å². The number of hydrogen-bond acceptors (Lipinski definition) is 2. The van der Waals surface area contributed by atoms with Gasteiger partial charge in [0.2, 0.25) is 0 Å². The highest BCUT2D eigenvalue weighted by Gasteiger charge is 2.22. The van der Waals surface area contributed by atoms with Crippen LogP contribution in [0.4, 0.5) is 0 Å². The monoisotopic (exact) mass is 211 g/mol. The van der Waals surface area contributed by atoms with Crippen molar-refractivity contribution in [3.05, 3.63) is 12.2 Å². The van der Waals surface area contributed by atoms with E-state index in [9.17, 15) is 4.79 Å². The van der Waals surface area contributed by atoms with Gasteiger partial charge in [-0.1, -0.05) is 19.9 Å². The van der Waals surface area contributed by atoms with Crippen LogP contribution in [-0.2, 0) is 4.79 Å². The first-order valence-electron chi connectivity index (χ1n) is 5.61. The van der Waals surface area contributed by atoms with E-state index in [-0.39, 0.29) is 0 Å². The summed E-state index contributed by atoms with van der Waals surface area (Å²) in [5.74, 6) is -0.856. The van der Waals surface area contributed by atoms with Gasteiger partial charge in [-0.15, -0.1) is 0 Å². The second-order valence-electron chi connectivity index (χ2n) is 5.06. The largest absolute Gasteiger partial charge is 0.478 e. The summed E-state index contributed by atoms with van der Waals surface area (Å²) in [4.78, 5) is 12.6. The van der Waals surface area contributed by atoms with Crippen LogP contribution in [0.2, 0.25) is 0 Å². The van der Waals surface area contributed by atoms with Crippen molar-refractivity contribution in [3.8, 4) is 0 Å². The van der Waals surface area contributed by atoms with Gasteiger partial charge in [0, 0.05) is 12.6 Å². The number of nitrogens with zero attached hydrogens (tertiary/aromatic N) is 1. The maximum atomic E-state index is 10.3. The van der Waals surface area contributed by atoms with Crippen LogP contribution < -0.4 is 0 Å². The van der Waals surface area contributed by atoms with Gasteiger partial charge < -0.3 is 5.11 Å². The standard InChI is InChI=1S/C12H21NO2/c1-12(2)6-4-9-13(10-7-12)8-3-5-11(14)15/h3,5H,4,6-10H2,1-2H3,(H,14,15)/b5-3+. The molecule has 86 valence electrons. The first-order valence-corrected chi connectivity index (χ1v) is 5.61. The number of rotatable bonds is 3.